The predicted molar refractivity (Wildman–Crippen MR) is 106 cm³/mol. The molecule has 8 nitrogen and oxygen atoms in total. The standard InChI is InChI=1S/C20H16O8S2/c1-27-14-10-12-15(13-11-14)29(23,24)18-9-5-8-17(20(21)22)19(18)28-30(25,26)16-6-3-2-4-7-16/h2-13H,1H3,(H,21,22). The van der Waals surface area contributed by atoms with Crippen LogP contribution in [0.4, 0.5) is 0 Å². The molecule has 10 heteroatoms. The van der Waals surface area contributed by atoms with Crippen molar-refractivity contribution in [1.82, 2.24) is 0 Å². The SMILES string of the molecule is COc1ccc(S(=O)(=O)c2cccc(C(=O)O)c2OS(=O)(=O)c2ccccc2)cc1. The van der Waals surface area contributed by atoms with Crippen LogP contribution in [0, 0.1) is 0 Å². The maximum absolute atomic E-state index is 13.1. The van der Waals surface area contributed by atoms with Crippen molar-refractivity contribution < 1.29 is 35.7 Å². The summed E-state index contributed by atoms with van der Waals surface area (Å²) >= 11 is 0. The number of aromatic carboxylic acids is 1. The highest BCUT2D eigenvalue weighted by atomic mass is 32.2. The fourth-order valence-corrected chi connectivity index (χ4v) is 5.05. The number of carboxylic acids is 1. The van der Waals surface area contributed by atoms with Gasteiger partial charge in [-0.05, 0) is 48.5 Å². The third-order valence-electron chi connectivity index (χ3n) is 4.09. The molecule has 0 bridgehead atoms. The molecule has 3 aromatic rings. The topological polar surface area (TPSA) is 124 Å². The van der Waals surface area contributed by atoms with Crippen molar-refractivity contribution in [2.45, 2.75) is 14.7 Å². The number of benzene rings is 3. The van der Waals surface area contributed by atoms with E-state index in [0.717, 1.165) is 12.1 Å². The largest absolute Gasteiger partial charge is 0.497 e. The average molecular weight is 448 g/mol. The summed E-state index contributed by atoms with van der Waals surface area (Å²) in [5.41, 5.74) is -0.607. The number of hydrogen-bond donors (Lipinski definition) is 1. The molecule has 0 spiro atoms. The summed E-state index contributed by atoms with van der Waals surface area (Å²) in [6.07, 6.45) is 0. The Morgan fingerprint density at radius 3 is 2.00 bits per heavy atom. The second-order valence-electron chi connectivity index (χ2n) is 5.97. The lowest BCUT2D eigenvalue weighted by Gasteiger charge is -2.14. The van der Waals surface area contributed by atoms with Gasteiger partial charge in [-0.25, -0.2) is 13.2 Å². The second-order valence-corrected chi connectivity index (χ2v) is 9.43. The fourth-order valence-electron chi connectivity index (χ4n) is 2.61. The van der Waals surface area contributed by atoms with Crippen molar-refractivity contribution in [2.75, 3.05) is 7.11 Å². The third-order valence-corrected chi connectivity index (χ3v) is 7.12. The zero-order valence-corrected chi connectivity index (χ0v) is 17.2. The Balaban J connectivity index is 2.19. The molecule has 0 aliphatic heterocycles. The molecule has 1 N–H and O–H groups in total. The molecule has 0 amide bonds. The van der Waals surface area contributed by atoms with Crippen LogP contribution in [-0.4, -0.2) is 35.0 Å². The van der Waals surface area contributed by atoms with Gasteiger partial charge in [-0.3, -0.25) is 0 Å². The molecule has 0 aromatic heterocycles. The summed E-state index contributed by atoms with van der Waals surface area (Å²) in [4.78, 5) is 10.6. The number of rotatable bonds is 7. The minimum Gasteiger partial charge on any atom is -0.497 e. The van der Waals surface area contributed by atoms with Gasteiger partial charge >= 0.3 is 16.1 Å². The lowest BCUT2D eigenvalue weighted by atomic mass is 10.2. The Bertz CT molecular complexity index is 1280. The van der Waals surface area contributed by atoms with Gasteiger partial charge in [-0.15, -0.1) is 0 Å². The van der Waals surface area contributed by atoms with Crippen LogP contribution in [0.15, 0.2) is 87.5 Å². The van der Waals surface area contributed by atoms with Crippen molar-refractivity contribution >= 4 is 25.9 Å². The van der Waals surface area contributed by atoms with E-state index in [0.29, 0.717) is 5.75 Å². The number of para-hydroxylation sites is 1. The highest BCUT2D eigenvalue weighted by molar-refractivity contribution is 7.91. The molecular weight excluding hydrogens is 432 g/mol. The molecule has 0 radical (unpaired) electrons. The normalized spacial score (nSPS) is 11.6. The van der Waals surface area contributed by atoms with Gasteiger partial charge < -0.3 is 14.0 Å². The monoisotopic (exact) mass is 448 g/mol. The van der Waals surface area contributed by atoms with Crippen LogP contribution in [0.1, 0.15) is 10.4 Å². The number of carbonyl (C=O) groups is 1. The second kappa shape index (κ2) is 8.17. The number of hydrogen-bond acceptors (Lipinski definition) is 7. The molecule has 0 aliphatic rings. The summed E-state index contributed by atoms with van der Waals surface area (Å²) in [5.74, 6) is -1.92. The van der Waals surface area contributed by atoms with Gasteiger partial charge in [0.15, 0.2) is 5.75 Å². The van der Waals surface area contributed by atoms with Crippen LogP contribution in [-0.2, 0) is 20.0 Å². The molecule has 0 saturated carbocycles. The molecule has 0 saturated heterocycles. The van der Waals surface area contributed by atoms with Crippen LogP contribution in [0.3, 0.4) is 0 Å². The quantitative estimate of drug-likeness (QED) is 0.547. The molecule has 0 heterocycles. The van der Waals surface area contributed by atoms with Crippen molar-refractivity contribution in [3.63, 3.8) is 0 Å². The van der Waals surface area contributed by atoms with E-state index in [9.17, 15) is 26.7 Å². The van der Waals surface area contributed by atoms with E-state index in [1.165, 1.54) is 61.7 Å². The van der Waals surface area contributed by atoms with Gasteiger partial charge in [0.1, 0.15) is 21.1 Å². The first kappa shape index (κ1) is 21.3. The molecule has 0 fully saturated rings. The van der Waals surface area contributed by atoms with Crippen molar-refractivity contribution in [1.29, 1.82) is 0 Å². The Hall–Kier alpha value is -3.37. The minimum atomic E-state index is -4.49. The van der Waals surface area contributed by atoms with E-state index in [-0.39, 0.29) is 9.79 Å². The summed E-state index contributed by atoms with van der Waals surface area (Å²) in [6, 6.07) is 15.7. The van der Waals surface area contributed by atoms with E-state index in [4.69, 9.17) is 8.92 Å². The minimum absolute atomic E-state index is 0.187. The van der Waals surface area contributed by atoms with Gasteiger partial charge in [0.25, 0.3) is 0 Å². The molecule has 0 atom stereocenters. The maximum atomic E-state index is 13.1. The van der Waals surface area contributed by atoms with Crippen LogP contribution < -0.4 is 8.92 Å². The van der Waals surface area contributed by atoms with Gasteiger partial charge in [-0.1, -0.05) is 24.3 Å². The van der Waals surface area contributed by atoms with Crippen molar-refractivity contribution in [3.05, 3.63) is 78.4 Å². The summed E-state index contributed by atoms with van der Waals surface area (Å²) in [7, 11) is -7.39. The summed E-state index contributed by atoms with van der Waals surface area (Å²) in [5, 5.41) is 9.48. The molecular formula is C20H16O8S2. The first-order chi connectivity index (χ1) is 14.2. The van der Waals surface area contributed by atoms with E-state index >= 15 is 0 Å². The smallest absolute Gasteiger partial charge is 0.339 e. The third kappa shape index (κ3) is 4.14. The van der Waals surface area contributed by atoms with Gasteiger partial charge in [0, 0.05) is 0 Å². The summed E-state index contributed by atoms with van der Waals surface area (Å²) in [6.45, 7) is 0. The van der Waals surface area contributed by atoms with E-state index in [1.807, 2.05) is 0 Å². The molecule has 0 unspecified atom stereocenters. The number of carboxylic acid groups (broad SMARTS) is 1. The van der Waals surface area contributed by atoms with Gasteiger partial charge in [0.2, 0.25) is 9.84 Å². The van der Waals surface area contributed by atoms with Crippen LogP contribution in [0.25, 0.3) is 0 Å². The first-order valence-corrected chi connectivity index (χ1v) is 11.3. The molecule has 0 aliphatic carbocycles. The molecule has 30 heavy (non-hydrogen) atoms. The highest BCUT2D eigenvalue weighted by Crippen LogP contribution is 2.35. The zero-order chi connectivity index (χ0) is 21.9. The lowest BCUT2D eigenvalue weighted by Crippen LogP contribution is -2.16. The van der Waals surface area contributed by atoms with Gasteiger partial charge in [-0.2, -0.15) is 8.42 Å². The summed E-state index contributed by atoms with van der Waals surface area (Å²) < 4.78 is 61.6. The van der Waals surface area contributed by atoms with Gasteiger partial charge in [0.05, 0.1) is 12.0 Å². The predicted octanol–water partition coefficient (Wildman–Crippen LogP) is 2.99. The van der Waals surface area contributed by atoms with Crippen molar-refractivity contribution in [3.8, 4) is 11.5 Å². The number of ether oxygens (including phenoxy) is 1. The lowest BCUT2D eigenvalue weighted by molar-refractivity contribution is 0.0694. The molecule has 3 aromatic carbocycles. The number of sulfone groups is 1. The zero-order valence-electron chi connectivity index (χ0n) is 15.5. The van der Waals surface area contributed by atoms with E-state index < -0.39 is 42.1 Å². The van der Waals surface area contributed by atoms with Crippen LogP contribution >= 0.6 is 0 Å². The van der Waals surface area contributed by atoms with Crippen LogP contribution in [0.5, 0.6) is 11.5 Å². The Morgan fingerprint density at radius 2 is 1.43 bits per heavy atom. The van der Waals surface area contributed by atoms with Crippen LogP contribution in [0.2, 0.25) is 0 Å². The first-order valence-electron chi connectivity index (χ1n) is 8.42. The Morgan fingerprint density at radius 1 is 0.800 bits per heavy atom. The maximum Gasteiger partial charge on any atom is 0.339 e. The van der Waals surface area contributed by atoms with E-state index in [2.05, 4.69) is 0 Å². The van der Waals surface area contributed by atoms with E-state index in [1.54, 1.807) is 6.07 Å². The molecule has 3 rings (SSSR count). The fraction of sp³-hybridized carbons (Fsp3) is 0.0500. The highest BCUT2D eigenvalue weighted by Gasteiger charge is 2.30. The number of methoxy groups -OCH3 is 1. The molecule has 156 valence electrons. The Kier molecular flexibility index (Phi) is 5.81. The Labute approximate surface area is 173 Å². The average Bonchev–Trinajstić information content (AvgIpc) is 2.74. The van der Waals surface area contributed by atoms with Crippen molar-refractivity contribution in [2.24, 2.45) is 0 Å².